The van der Waals surface area contributed by atoms with Crippen molar-refractivity contribution in [3.05, 3.63) is 94.5 Å². The number of thioether (sulfide) groups is 1. The Labute approximate surface area is 191 Å². The molecular weight excluding hydrogens is 448 g/mol. The highest BCUT2D eigenvalue weighted by molar-refractivity contribution is 8.01. The molecular formula is C22H16N4O4S2. The van der Waals surface area contributed by atoms with Gasteiger partial charge in [-0.15, -0.1) is 10.2 Å². The number of ketones is 1. The highest BCUT2D eigenvalue weighted by Crippen LogP contribution is 2.29. The van der Waals surface area contributed by atoms with E-state index in [0.717, 1.165) is 17.2 Å². The molecule has 0 aliphatic rings. The summed E-state index contributed by atoms with van der Waals surface area (Å²) >= 11 is 2.56. The van der Waals surface area contributed by atoms with Crippen molar-refractivity contribution < 1.29 is 14.5 Å². The maximum atomic E-state index is 12.3. The predicted molar refractivity (Wildman–Crippen MR) is 124 cm³/mol. The van der Waals surface area contributed by atoms with E-state index in [-0.39, 0.29) is 17.2 Å². The van der Waals surface area contributed by atoms with Gasteiger partial charge in [-0.05, 0) is 36.4 Å². The Kier molecular flexibility index (Phi) is 6.73. The Bertz CT molecular complexity index is 1230. The molecule has 0 spiro atoms. The smallest absolute Gasteiger partial charge is 0.270 e. The molecule has 0 fully saturated rings. The lowest BCUT2D eigenvalue weighted by Gasteiger charge is -2.06. The van der Waals surface area contributed by atoms with Crippen LogP contribution in [0, 0.1) is 10.1 Å². The third-order valence-corrected chi connectivity index (χ3v) is 6.17. The van der Waals surface area contributed by atoms with Crippen molar-refractivity contribution in [2.45, 2.75) is 4.34 Å². The summed E-state index contributed by atoms with van der Waals surface area (Å²) in [5.74, 6) is 1.38. The molecule has 0 unspecified atom stereocenters. The number of benzene rings is 3. The van der Waals surface area contributed by atoms with Gasteiger partial charge in [0.15, 0.2) is 10.1 Å². The summed E-state index contributed by atoms with van der Waals surface area (Å²) < 4.78 is 6.39. The van der Waals surface area contributed by atoms with E-state index < -0.39 is 4.92 Å². The van der Waals surface area contributed by atoms with E-state index in [1.165, 1.54) is 41.3 Å². The first kappa shape index (κ1) is 21.5. The van der Waals surface area contributed by atoms with Crippen LogP contribution in [0.15, 0.2) is 83.2 Å². The van der Waals surface area contributed by atoms with E-state index in [9.17, 15) is 14.9 Å². The van der Waals surface area contributed by atoms with Crippen LogP contribution in [-0.4, -0.2) is 26.7 Å². The van der Waals surface area contributed by atoms with Crippen LogP contribution in [0.5, 0.6) is 11.5 Å². The molecule has 0 amide bonds. The minimum atomic E-state index is -0.521. The van der Waals surface area contributed by atoms with Crippen LogP contribution in [0.2, 0.25) is 0 Å². The third-order valence-electron chi connectivity index (χ3n) is 4.20. The topological polar surface area (TPSA) is 107 Å². The predicted octanol–water partition coefficient (Wildman–Crippen LogP) is 5.96. The van der Waals surface area contributed by atoms with Crippen LogP contribution < -0.4 is 10.1 Å². The standard InChI is InChI=1S/C22H16N4O4S2/c27-20(15-5-4-6-17(13-15)26(28)29)14-31-22-25-24-21(32-22)23-16-9-11-19(12-10-16)30-18-7-2-1-3-8-18/h1-13H,14H2,(H,23,24). The van der Waals surface area contributed by atoms with E-state index in [4.69, 9.17) is 4.74 Å². The number of ether oxygens (including phenoxy) is 1. The first-order valence-corrected chi connectivity index (χ1v) is 11.2. The summed E-state index contributed by atoms with van der Waals surface area (Å²) in [5.41, 5.74) is 1.02. The molecule has 0 aliphatic carbocycles. The highest BCUT2D eigenvalue weighted by atomic mass is 32.2. The highest BCUT2D eigenvalue weighted by Gasteiger charge is 2.13. The van der Waals surface area contributed by atoms with Crippen molar-refractivity contribution in [2.75, 3.05) is 11.1 Å². The molecule has 1 N–H and O–H groups in total. The molecule has 0 radical (unpaired) electrons. The molecule has 0 atom stereocenters. The Balaban J connectivity index is 1.31. The number of para-hydroxylation sites is 1. The number of hydrogen-bond donors (Lipinski definition) is 1. The minimum absolute atomic E-state index is 0.108. The number of non-ortho nitro benzene ring substituents is 1. The molecule has 0 aliphatic heterocycles. The zero-order valence-corrected chi connectivity index (χ0v) is 18.1. The summed E-state index contributed by atoms with van der Waals surface area (Å²) in [6.07, 6.45) is 0. The molecule has 0 saturated carbocycles. The number of hydrogen-bond acceptors (Lipinski definition) is 9. The molecule has 0 bridgehead atoms. The quantitative estimate of drug-likeness (QED) is 0.140. The van der Waals surface area contributed by atoms with Crippen LogP contribution in [0.25, 0.3) is 0 Å². The van der Waals surface area contributed by atoms with Gasteiger partial charge in [0, 0.05) is 23.4 Å². The Hall–Kier alpha value is -3.76. The van der Waals surface area contributed by atoms with E-state index in [1.807, 2.05) is 54.6 Å². The van der Waals surface area contributed by atoms with Gasteiger partial charge < -0.3 is 10.1 Å². The fourth-order valence-electron chi connectivity index (χ4n) is 2.68. The molecule has 8 nitrogen and oxygen atoms in total. The number of carbonyl (C=O) groups is 1. The van der Waals surface area contributed by atoms with Crippen molar-refractivity contribution in [3.63, 3.8) is 0 Å². The lowest BCUT2D eigenvalue weighted by molar-refractivity contribution is -0.384. The van der Waals surface area contributed by atoms with Crippen LogP contribution in [0.4, 0.5) is 16.5 Å². The second kappa shape index (κ2) is 10.0. The first-order chi connectivity index (χ1) is 15.6. The van der Waals surface area contributed by atoms with Gasteiger partial charge in [0.1, 0.15) is 11.5 Å². The van der Waals surface area contributed by atoms with Gasteiger partial charge in [0.2, 0.25) is 5.13 Å². The van der Waals surface area contributed by atoms with Crippen LogP contribution in [-0.2, 0) is 0 Å². The average Bonchev–Trinajstić information content (AvgIpc) is 3.27. The molecule has 1 aromatic heterocycles. The molecule has 0 saturated heterocycles. The van der Waals surface area contributed by atoms with Crippen LogP contribution >= 0.6 is 23.1 Å². The number of nitro groups is 1. The normalized spacial score (nSPS) is 10.5. The summed E-state index contributed by atoms with van der Waals surface area (Å²) in [7, 11) is 0. The number of aromatic nitrogens is 2. The van der Waals surface area contributed by atoms with E-state index in [0.29, 0.717) is 15.0 Å². The number of nitro benzene ring substituents is 1. The largest absolute Gasteiger partial charge is 0.457 e. The fourth-order valence-corrected chi connectivity index (χ4v) is 4.34. The summed E-state index contributed by atoms with van der Waals surface area (Å²) in [5, 5.41) is 22.8. The van der Waals surface area contributed by atoms with E-state index in [2.05, 4.69) is 15.5 Å². The number of rotatable bonds is 9. The molecule has 160 valence electrons. The first-order valence-electron chi connectivity index (χ1n) is 9.41. The second-order valence-electron chi connectivity index (χ2n) is 6.46. The SMILES string of the molecule is O=C(CSc1nnc(Nc2ccc(Oc3ccccc3)cc2)s1)c1cccc([N+](=O)[O-])c1. The average molecular weight is 465 g/mol. The molecule has 4 rings (SSSR count). The molecule has 10 heteroatoms. The van der Waals surface area contributed by atoms with Crippen molar-refractivity contribution >= 4 is 45.4 Å². The maximum Gasteiger partial charge on any atom is 0.270 e. The fraction of sp³-hybridized carbons (Fsp3) is 0.0455. The third kappa shape index (κ3) is 5.68. The van der Waals surface area contributed by atoms with E-state index >= 15 is 0 Å². The lowest BCUT2D eigenvalue weighted by atomic mass is 10.1. The van der Waals surface area contributed by atoms with Crippen molar-refractivity contribution in [2.24, 2.45) is 0 Å². The molecule has 3 aromatic carbocycles. The van der Waals surface area contributed by atoms with Gasteiger partial charge in [-0.25, -0.2) is 0 Å². The number of Topliss-reactive ketones (excluding diaryl/α,β-unsaturated/α-hetero) is 1. The number of anilines is 2. The molecule has 4 aromatic rings. The van der Waals surface area contributed by atoms with Gasteiger partial charge in [-0.1, -0.05) is 53.4 Å². The van der Waals surface area contributed by atoms with Gasteiger partial charge in [0.05, 0.1) is 10.7 Å². The summed E-state index contributed by atoms with van der Waals surface area (Å²) in [4.78, 5) is 22.7. The van der Waals surface area contributed by atoms with Crippen molar-refractivity contribution in [1.29, 1.82) is 0 Å². The Morgan fingerprint density at radius 1 is 1.00 bits per heavy atom. The number of carbonyl (C=O) groups excluding carboxylic acids is 1. The number of nitrogens with one attached hydrogen (secondary N) is 1. The van der Waals surface area contributed by atoms with Gasteiger partial charge >= 0.3 is 0 Å². The Morgan fingerprint density at radius 2 is 1.75 bits per heavy atom. The van der Waals surface area contributed by atoms with Gasteiger partial charge in [0.25, 0.3) is 5.69 Å². The Morgan fingerprint density at radius 3 is 2.50 bits per heavy atom. The molecule has 1 heterocycles. The summed E-state index contributed by atoms with van der Waals surface area (Å²) in [6, 6.07) is 22.7. The zero-order chi connectivity index (χ0) is 22.3. The van der Waals surface area contributed by atoms with Crippen molar-refractivity contribution in [3.8, 4) is 11.5 Å². The molecule has 32 heavy (non-hydrogen) atoms. The minimum Gasteiger partial charge on any atom is -0.457 e. The second-order valence-corrected chi connectivity index (χ2v) is 8.66. The summed E-state index contributed by atoms with van der Waals surface area (Å²) in [6.45, 7) is 0. The maximum absolute atomic E-state index is 12.3. The van der Waals surface area contributed by atoms with Crippen LogP contribution in [0.3, 0.4) is 0 Å². The number of nitrogens with zero attached hydrogens (tertiary/aromatic N) is 3. The van der Waals surface area contributed by atoms with Gasteiger partial charge in [-0.3, -0.25) is 14.9 Å². The monoisotopic (exact) mass is 464 g/mol. The lowest BCUT2D eigenvalue weighted by Crippen LogP contribution is -2.03. The zero-order valence-electron chi connectivity index (χ0n) is 16.5. The van der Waals surface area contributed by atoms with Crippen molar-refractivity contribution in [1.82, 2.24) is 10.2 Å². The van der Waals surface area contributed by atoms with E-state index in [1.54, 1.807) is 6.07 Å². The van der Waals surface area contributed by atoms with Gasteiger partial charge in [-0.2, -0.15) is 0 Å². The van der Waals surface area contributed by atoms with Crippen LogP contribution in [0.1, 0.15) is 10.4 Å².